The number of thioether (sulfide) groups is 1. The second kappa shape index (κ2) is 8.49. The summed E-state index contributed by atoms with van der Waals surface area (Å²) < 4.78 is 1.72. The van der Waals surface area contributed by atoms with Crippen LogP contribution in [0.1, 0.15) is 22.1 Å². The van der Waals surface area contributed by atoms with Gasteiger partial charge < -0.3 is 0 Å². The van der Waals surface area contributed by atoms with Gasteiger partial charge in [-0.1, -0.05) is 48.5 Å². The first-order chi connectivity index (χ1) is 12.6. The molecule has 26 heavy (non-hydrogen) atoms. The third-order valence-electron chi connectivity index (χ3n) is 3.77. The molecule has 6 heteroatoms. The van der Waals surface area contributed by atoms with Crippen LogP contribution in [0.15, 0.2) is 76.9 Å². The van der Waals surface area contributed by atoms with E-state index in [1.54, 1.807) is 10.9 Å². The molecule has 0 saturated carbocycles. The standard InChI is InChI=1S/C20H20N4OS/c1-15-17(14-24(2)23-15)13-21-22-20(25)19(16-9-5-3-6-10-16)26-18-11-7-4-8-12-18/h3-14,19H,1-2H3,(H,22,25)/b21-13-/t19-/m1/s1. The number of nitrogens with zero attached hydrogens (tertiary/aromatic N) is 3. The fourth-order valence-corrected chi connectivity index (χ4v) is 3.54. The first-order valence-corrected chi connectivity index (χ1v) is 9.11. The molecular formula is C20H20N4OS. The van der Waals surface area contributed by atoms with Crippen LogP contribution in [0, 0.1) is 6.92 Å². The summed E-state index contributed by atoms with van der Waals surface area (Å²) in [4.78, 5) is 13.8. The summed E-state index contributed by atoms with van der Waals surface area (Å²) in [6.07, 6.45) is 3.48. The number of carbonyl (C=O) groups is 1. The number of aromatic nitrogens is 2. The Labute approximate surface area is 157 Å². The van der Waals surface area contributed by atoms with Crippen molar-refractivity contribution >= 4 is 23.9 Å². The lowest BCUT2D eigenvalue weighted by atomic mass is 10.1. The molecule has 0 unspecified atom stereocenters. The number of aryl methyl sites for hydroxylation is 2. The lowest BCUT2D eigenvalue weighted by molar-refractivity contribution is -0.120. The van der Waals surface area contributed by atoms with E-state index in [0.29, 0.717) is 0 Å². The number of nitrogens with one attached hydrogen (secondary N) is 1. The molecule has 1 aromatic heterocycles. The molecule has 0 aliphatic carbocycles. The maximum Gasteiger partial charge on any atom is 0.258 e. The minimum Gasteiger partial charge on any atom is -0.275 e. The molecule has 1 heterocycles. The minimum atomic E-state index is -0.384. The first-order valence-electron chi connectivity index (χ1n) is 8.23. The van der Waals surface area contributed by atoms with Crippen molar-refractivity contribution in [2.45, 2.75) is 17.1 Å². The number of hydrogen-bond donors (Lipinski definition) is 1. The van der Waals surface area contributed by atoms with Crippen molar-refractivity contribution in [3.63, 3.8) is 0 Å². The zero-order valence-corrected chi connectivity index (χ0v) is 15.5. The molecule has 3 rings (SSSR count). The zero-order chi connectivity index (χ0) is 18.4. The topological polar surface area (TPSA) is 59.3 Å². The molecule has 3 aromatic rings. The Hall–Kier alpha value is -2.86. The van der Waals surface area contributed by atoms with Crippen molar-refractivity contribution in [2.75, 3.05) is 0 Å². The van der Waals surface area contributed by atoms with E-state index in [0.717, 1.165) is 21.7 Å². The van der Waals surface area contributed by atoms with E-state index in [1.165, 1.54) is 11.8 Å². The molecular weight excluding hydrogens is 344 g/mol. The van der Waals surface area contributed by atoms with Crippen LogP contribution in [0.4, 0.5) is 0 Å². The minimum absolute atomic E-state index is 0.164. The average molecular weight is 364 g/mol. The van der Waals surface area contributed by atoms with Gasteiger partial charge in [0.05, 0.1) is 11.9 Å². The molecule has 5 nitrogen and oxygen atoms in total. The van der Waals surface area contributed by atoms with Crippen molar-refractivity contribution < 1.29 is 4.79 Å². The largest absolute Gasteiger partial charge is 0.275 e. The summed E-state index contributed by atoms with van der Waals surface area (Å²) >= 11 is 1.50. The highest BCUT2D eigenvalue weighted by molar-refractivity contribution is 8.00. The van der Waals surface area contributed by atoms with E-state index in [9.17, 15) is 4.79 Å². The van der Waals surface area contributed by atoms with Crippen LogP contribution < -0.4 is 5.43 Å². The monoisotopic (exact) mass is 364 g/mol. The van der Waals surface area contributed by atoms with Crippen LogP contribution in [-0.4, -0.2) is 21.9 Å². The summed E-state index contributed by atoms with van der Waals surface area (Å²) in [7, 11) is 1.85. The number of amides is 1. The molecule has 2 aromatic carbocycles. The van der Waals surface area contributed by atoms with Crippen molar-refractivity contribution in [3.05, 3.63) is 83.7 Å². The van der Waals surface area contributed by atoms with Gasteiger partial charge in [-0.25, -0.2) is 5.43 Å². The van der Waals surface area contributed by atoms with E-state index in [4.69, 9.17) is 0 Å². The van der Waals surface area contributed by atoms with Gasteiger partial charge in [-0.15, -0.1) is 11.8 Å². The van der Waals surface area contributed by atoms with Crippen molar-refractivity contribution in [3.8, 4) is 0 Å². The van der Waals surface area contributed by atoms with Crippen molar-refractivity contribution in [1.29, 1.82) is 0 Å². The molecule has 0 fully saturated rings. The van der Waals surface area contributed by atoms with Crippen LogP contribution in [0.5, 0.6) is 0 Å². The third kappa shape index (κ3) is 4.61. The second-order valence-electron chi connectivity index (χ2n) is 5.80. The second-order valence-corrected chi connectivity index (χ2v) is 6.98. The molecule has 0 radical (unpaired) electrons. The van der Waals surface area contributed by atoms with E-state index in [-0.39, 0.29) is 11.2 Å². The Kier molecular flexibility index (Phi) is 5.86. The van der Waals surface area contributed by atoms with E-state index < -0.39 is 0 Å². The van der Waals surface area contributed by atoms with Gasteiger partial charge in [-0.05, 0) is 24.6 Å². The summed E-state index contributed by atoms with van der Waals surface area (Å²) in [6.45, 7) is 1.90. The highest BCUT2D eigenvalue weighted by atomic mass is 32.2. The zero-order valence-electron chi connectivity index (χ0n) is 14.7. The predicted octanol–water partition coefficient (Wildman–Crippen LogP) is 3.71. The Balaban J connectivity index is 1.75. The van der Waals surface area contributed by atoms with Gasteiger partial charge in [0.15, 0.2) is 0 Å². The quantitative estimate of drug-likeness (QED) is 0.412. The average Bonchev–Trinajstić information content (AvgIpc) is 2.98. The van der Waals surface area contributed by atoms with Crippen LogP contribution in [0.3, 0.4) is 0 Å². The summed E-state index contributed by atoms with van der Waals surface area (Å²) in [5, 5.41) is 7.98. The van der Waals surface area contributed by atoms with Gasteiger partial charge in [0.1, 0.15) is 5.25 Å². The number of benzene rings is 2. The van der Waals surface area contributed by atoms with Crippen LogP contribution in [0.25, 0.3) is 0 Å². The highest BCUT2D eigenvalue weighted by Gasteiger charge is 2.21. The summed E-state index contributed by atoms with van der Waals surface area (Å²) in [5.74, 6) is -0.164. The van der Waals surface area contributed by atoms with Gasteiger partial charge in [0, 0.05) is 23.7 Å². The fraction of sp³-hybridized carbons (Fsp3) is 0.150. The van der Waals surface area contributed by atoms with Gasteiger partial charge in [0.25, 0.3) is 5.91 Å². The van der Waals surface area contributed by atoms with Crippen molar-refractivity contribution in [1.82, 2.24) is 15.2 Å². The van der Waals surface area contributed by atoms with Crippen molar-refractivity contribution in [2.24, 2.45) is 12.1 Å². The third-order valence-corrected chi connectivity index (χ3v) is 5.03. The number of hydrogen-bond acceptors (Lipinski definition) is 4. The molecule has 0 bridgehead atoms. The number of hydrazone groups is 1. The van der Waals surface area contributed by atoms with Crippen LogP contribution >= 0.6 is 11.8 Å². The molecule has 1 atom stereocenters. The van der Waals surface area contributed by atoms with E-state index in [2.05, 4.69) is 15.6 Å². The molecule has 1 N–H and O–H groups in total. The molecule has 1 amide bonds. The number of carbonyl (C=O) groups excluding carboxylic acids is 1. The van der Waals surface area contributed by atoms with Crippen LogP contribution in [-0.2, 0) is 11.8 Å². The molecule has 0 saturated heterocycles. The van der Waals surface area contributed by atoms with E-state index >= 15 is 0 Å². The number of rotatable bonds is 6. The van der Waals surface area contributed by atoms with Gasteiger partial charge in [0.2, 0.25) is 0 Å². The smallest absolute Gasteiger partial charge is 0.258 e. The molecule has 0 aliphatic rings. The van der Waals surface area contributed by atoms with E-state index in [1.807, 2.05) is 80.8 Å². The van der Waals surface area contributed by atoms with Gasteiger partial charge >= 0.3 is 0 Å². The van der Waals surface area contributed by atoms with Crippen LogP contribution in [0.2, 0.25) is 0 Å². The normalized spacial score (nSPS) is 12.2. The molecule has 0 spiro atoms. The first kappa shape index (κ1) is 17.9. The van der Waals surface area contributed by atoms with Gasteiger partial charge in [-0.3, -0.25) is 9.48 Å². The molecule has 0 aliphatic heterocycles. The predicted molar refractivity (Wildman–Crippen MR) is 105 cm³/mol. The molecule has 132 valence electrons. The Bertz CT molecular complexity index is 891. The van der Waals surface area contributed by atoms with Gasteiger partial charge in [-0.2, -0.15) is 10.2 Å². The summed E-state index contributed by atoms with van der Waals surface area (Å²) in [5.41, 5.74) is 5.34. The maximum absolute atomic E-state index is 12.8. The maximum atomic E-state index is 12.8. The lowest BCUT2D eigenvalue weighted by Crippen LogP contribution is -2.23. The highest BCUT2D eigenvalue weighted by Crippen LogP contribution is 2.35. The summed E-state index contributed by atoms with van der Waals surface area (Å²) in [6, 6.07) is 19.6. The fourth-order valence-electron chi connectivity index (χ4n) is 2.50. The Morgan fingerprint density at radius 3 is 2.42 bits per heavy atom. The Morgan fingerprint density at radius 1 is 1.15 bits per heavy atom. The lowest BCUT2D eigenvalue weighted by Gasteiger charge is -2.15. The Morgan fingerprint density at radius 2 is 1.81 bits per heavy atom. The SMILES string of the molecule is Cc1nn(C)cc1/C=N\NC(=O)[C@H](Sc1ccccc1)c1ccccc1.